The van der Waals surface area contributed by atoms with Crippen LogP contribution in [0.5, 0.6) is 0 Å². The number of likely N-dealkylation sites (tertiary alicyclic amines) is 1. The first-order valence-corrected chi connectivity index (χ1v) is 12.6. The topological polar surface area (TPSA) is 46.1 Å². The predicted molar refractivity (Wildman–Crippen MR) is 133 cm³/mol. The Balaban J connectivity index is 1.30. The van der Waals surface area contributed by atoms with Crippen molar-refractivity contribution in [2.45, 2.75) is 52.0 Å². The van der Waals surface area contributed by atoms with Gasteiger partial charge in [-0.1, -0.05) is 25.1 Å². The van der Waals surface area contributed by atoms with Crippen molar-refractivity contribution < 1.29 is 0 Å². The fraction of sp³-hybridized carbons (Fsp3) is 0.720. The molecule has 2 N–H and O–H groups in total. The first kappa shape index (κ1) is 23.9. The third-order valence-electron chi connectivity index (χ3n) is 6.46. The van der Waals surface area contributed by atoms with Crippen LogP contribution in [0.2, 0.25) is 0 Å². The lowest BCUT2D eigenvalue weighted by Gasteiger charge is -2.36. The van der Waals surface area contributed by atoms with Gasteiger partial charge in [-0.15, -0.1) is 0 Å². The summed E-state index contributed by atoms with van der Waals surface area (Å²) in [5.41, 5.74) is 1.36. The Kier molecular flexibility index (Phi) is 10.5. The fourth-order valence-electron chi connectivity index (χ4n) is 4.64. The van der Waals surface area contributed by atoms with Crippen molar-refractivity contribution in [1.82, 2.24) is 20.4 Å². The number of hydrogen-bond donors (Lipinski definition) is 2. The molecular weight excluding hydrogens is 384 g/mol. The Bertz CT molecular complexity index is 618. The molecule has 0 bridgehead atoms. The van der Waals surface area contributed by atoms with Crippen molar-refractivity contribution in [2.75, 3.05) is 70.3 Å². The van der Waals surface area contributed by atoms with Crippen LogP contribution in [0.1, 0.15) is 46.0 Å². The van der Waals surface area contributed by atoms with Crippen LogP contribution < -0.4 is 15.5 Å². The van der Waals surface area contributed by atoms with E-state index in [0.717, 1.165) is 38.6 Å². The minimum Gasteiger partial charge on any atom is -0.369 e. The predicted octanol–water partition coefficient (Wildman–Crippen LogP) is 3.02. The second-order valence-electron chi connectivity index (χ2n) is 8.89. The van der Waals surface area contributed by atoms with Crippen molar-refractivity contribution in [1.29, 1.82) is 0 Å². The molecule has 0 spiro atoms. The molecular formula is C25H44N6. The van der Waals surface area contributed by atoms with Gasteiger partial charge in [-0.3, -0.25) is 9.89 Å². The van der Waals surface area contributed by atoms with E-state index in [1.807, 2.05) is 0 Å². The summed E-state index contributed by atoms with van der Waals surface area (Å²) in [4.78, 5) is 12.5. The van der Waals surface area contributed by atoms with E-state index in [1.54, 1.807) is 0 Å². The van der Waals surface area contributed by atoms with Crippen molar-refractivity contribution in [3.63, 3.8) is 0 Å². The van der Waals surface area contributed by atoms with Crippen LogP contribution in [-0.2, 0) is 0 Å². The van der Waals surface area contributed by atoms with Crippen molar-refractivity contribution in [2.24, 2.45) is 4.99 Å². The molecule has 3 rings (SSSR count). The number of piperidine rings is 1. The normalized spacial score (nSPS) is 19.5. The Hall–Kier alpha value is -1.79. The summed E-state index contributed by atoms with van der Waals surface area (Å²) >= 11 is 0. The molecule has 6 nitrogen and oxygen atoms in total. The van der Waals surface area contributed by atoms with Gasteiger partial charge in [-0.25, -0.2) is 0 Å². The van der Waals surface area contributed by atoms with Gasteiger partial charge in [0.25, 0.3) is 0 Å². The molecule has 2 aliphatic rings. The van der Waals surface area contributed by atoms with E-state index in [4.69, 9.17) is 4.99 Å². The number of anilines is 1. The second-order valence-corrected chi connectivity index (χ2v) is 8.89. The molecule has 174 valence electrons. The zero-order valence-corrected chi connectivity index (χ0v) is 19.9. The van der Waals surface area contributed by atoms with E-state index in [2.05, 4.69) is 69.5 Å². The molecule has 31 heavy (non-hydrogen) atoms. The van der Waals surface area contributed by atoms with Crippen LogP contribution in [0, 0.1) is 0 Å². The number of nitrogens with zero attached hydrogens (tertiary/aromatic N) is 4. The Morgan fingerprint density at radius 1 is 0.903 bits per heavy atom. The zero-order valence-electron chi connectivity index (χ0n) is 19.9. The van der Waals surface area contributed by atoms with Crippen molar-refractivity contribution in [3.8, 4) is 0 Å². The number of unbranched alkanes of at least 4 members (excludes halogenated alkanes) is 1. The first-order chi connectivity index (χ1) is 15.3. The summed E-state index contributed by atoms with van der Waals surface area (Å²) in [6, 6.07) is 11.4. The lowest BCUT2D eigenvalue weighted by Crippen LogP contribution is -2.48. The average Bonchev–Trinajstić information content (AvgIpc) is 2.81. The number of hydrogen-bond acceptors (Lipinski definition) is 4. The molecule has 0 amide bonds. The highest BCUT2D eigenvalue weighted by atomic mass is 15.3. The van der Waals surface area contributed by atoms with Crippen LogP contribution in [-0.4, -0.2) is 87.2 Å². The standard InChI is InChI=1S/C25H44N6/c1-3-15-29-17-12-23(13-18-29)28-25(26-4-2)27-14-8-9-16-30-19-21-31(22-20-30)24-10-6-5-7-11-24/h5-7,10-11,23H,3-4,8-9,12-22H2,1-2H3,(H2,26,27,28). The van der Waals surface area contributed by atoms with Gasteiger partial charge in [0.1, 0.15) is 0 Å². The van der Waals surface area contributed by atoms with Gasteiger partial charge in [0, 0.05) is 64.1 Å². The minimum atomic E-state index is 0.562. The highest BCUT2D eigenvalue weighted by Gasteiger charge is 2.19. The van der Waals surface area contributed by atoms with Crippen molar-refractivity contribution >= 4 is 11.6 Å². The Morgan fingerprint density at radius 2 is 1.61 bits per heavy atom. The summed E-state index contributed by atoms with van der Waals surface area (Å²) in [7, 11) is 0. The van der Waals surface area contributed by atoms with E-state index in [0.29, 0.717) is 6.04 Å². The second kappa shape index (κ2) is 13.6. The molecule has 1 aromatic rings. The van der Waals surface area contributed by atoms with E-state index >= 15 is 0 Å². The van der Waals surface area contributed by atoms with Gasteiger partial charge in [-0.05, 0) is 64.3 Å². The third kappa shape index (κ3) is 8.34. The Morgan fingerprint density at radius 3 is 2.29 bits per heavy atom. The average molecular weight is 429 g/mol. The fourth-order valence-corrected chi connectivity index (χ4v) is 4.64. The maximum atomic E-state index is 4.85. The van der Waals surface area contributed by atoms with Crippen LogP contribution in [0.25, 0.3) is 0 Å². The van der Waals surface area contributed by atoms with Crippen LogP contribution >= 0.6 is 0 Å². The SMILES string of the molecule is CCCN1CCC(NC(=NCCCCN2CCN(c3ccccc3)CC2)NCC)CC1. The maximum absolute atomic E-state index is 4.85. The van der Waals surface area contributed by atoms with Gasteiger partial charge in [0.15, 0.2) is 5.96 Å². The lowest BCUT2D eigenvalue weighted by molar-refractivity contribution is 0.206. The van der Waals surface area contributed by atoms with Crippen LogP contribution in [0.3, 0.4) is 0 Å². The summed E-state index contributed by atoms with van der Waals surface area (Å²) in [5.74, 6) is 1.01. The number of benzene rings is 1. The van der Waals surface area contributed by atoms with Crippen molar-refractivity contribution in [3.05, 3.63) is 30.3 Å². The maximum Gasteiger partial charge on any atom is 0.191 e. The molecule has 2 fully saturated rings. The van der Waals surface area contributed by atoms with Gasteiger partial charge in [-0.2, -0.15) is 0 Å². The molecule has 2 heterocycles. The van der Waals surface area contributed by atoms with Gasteiger partial charge in [0.05, 0.1) is 0 Å². The molecule has 0 radical (unpaired) electrons. The third-order valence-corrected chi connectivity index (χ3v) is 6.46. The monoisotopic (exact) mass is 428 g/mol. The van der Waals surface area contributed by atoms with E-state index < -0.39 is 0 Å². The zero-order chi connectivity index (χ0) is 21.7. The number of piperazine rings is 1. The number of para-hydroxylation sites is 1. The number of rotatable bonds is 10. The quantitative estimate of drug-likeness (QED) is 0.341. The number of nitrogens with one attached hydrogen (secondary N) is 2. The van der Waals surface area contributed by atoms with E-state index in [-0.39, 0.29) is 0 Å². The molecule has 0 saturated carbocycles. The molecule has 0 unspecified atom stereocenters. The number of aliphatic imine (C=N–C) groups is 1. The smallest absolute Gasteiger partial charge is 0.191 e. The Labute approximate surface area is 190 Å². The summed E-state index contributed by atoms with van der Waals surface area (Å²) in [5, 5.41) is 7.11. The summed E-state index contributed by atoms with van der Waals surface area (Å²) in [6.45, 7) is 15.7. The lowest BCUT2D eigenvalue weighted by atomic mass is 10.1. The summed E-state index contributed by atoms with van der Waals surface area (Å²) in [6.07, 6.45) is 6.08. The molecule has 1 aromatic carbocycles. The van der Waals surface area contributed by atoms with Gasteiger partial charge >= 0.3 is 0 Å². The first-order valence-electron chi connectivity index (χ1n) is 12.6. The van der Waals surface area contributed by atoms with Gasteiger partial charge < -0.3 is 20.4 Å². The minimum absolute atomic E-state index is 0.562. The molecule has 0 aliphatic carbocycles. The van der Waals surface area contributed by atoms with Crippen LogP contribution in [0.4, 0.5) is 5.69 Å². The summed E-state index contributed by atoms with van der Waals surface area (Å²) < 4.78 is 0. The molecule has 0 aromatic heterocycles. The van der Waals surface area contributed by atoms with E-state index in [1.165, 1.54) is 70.6 Å². The number of guanidine groups is 1. The molecule has 6 heteroatoms. The molecule has 2 saturated heterocycles. The highest BCUT2D eigenvalue weighted by molar-refractivity contribution is 5.80. The highest BCUT2D eigenvalue weighted by Crippen LogP contribution is 2.15. The van der Waals surface area contributed by atoms with Gasteiger partial charge in [0.2, 0.25) is 0 Å². The van der Waals surface area contributed by atoms with Crippen LogP contribution in [0.15, 0.2) is 35.3 Å². The van der Waals surface area contributed by atoms with E-state index in [9.17, 15) is 0 Å². The molecule has 2 aliphatic heterocycles. The molecule has 0 atom stereocenters. The largest absolute Gasteiger partial charge is 0.369 e.